The number of non-ortho nitro benzene ring substituents is 1. The summed E-state index contributed by atoms with van der Waals surface area (Å²) in [5.41, 5.74) is -0.574. The lowest BCUT2D eigenvalue weighted by Crippen LogP contribution is -2.29. The largest absolute Gasteiger partial charge is 0.418 e. The number of benzene rings is 2. The van der Waals surface area contributed by atoms with Crippen LogP contribution in [0.25, 0.3) is 0 Å². The molecule has 0 heterocycles. The summed E-state index contributed by atoms with van der Waals surface area (Å²) in [7, 11) is 0. The zero-order valence-corrected chi connectivity index (χ0v) is 16.3. The second-order valence-electron chi connectivity index (χ2n) is 7.49. The average molecular weight is 409 g/mol. The van der Waals surface area contributed by atoms with E-state index in [-0.39, 0.29) is 30.1 Å². The van der Waals surface area contributed by atoms with Crippen molar-refractivity contribution in [1.82, 2.24) is 5.32 Å². The standard InChI is InChI=1S/C20H22F3N3O3/c1-19(2,3)14-6-4-13(5-7-14)18(27)25-11-10-24-17-9-8-15(26(28)29)12-16(17)20(21,22)23/h4-9,12,24H,10-11H2,1-3H3,(H,25,27). The molecule has 9 heteroatoms. The molecular weight excluding hydrogens is 387 g/mol. The molecule has 2 aromatic carbocycles. The van der Waals surface area contributed by atoms with Crippen LogP contribution in [-0.2, 0) is 11.6 Å². The minimum absolute atomic E-state index is 0.0205. The second kappa shape index (κ2) is 8.50. The number of carbonyl (C=O) groups excluding carboxylic acids is 1. The highest BCUT2D eigenvalue weighted by molar-refractivity contribution is 5.94. The van der Waals surface area contributed by atoms with Crippen molar-refractivity contribution in [3.63, 3.8) is 0 Å². The number of anilines is 1. The second-order valence-corrected chi connectivity index (χ2v) is 7.49. The molecule has 156 valence electrons. The zero-order chi connectivity index (χ0) is 21.8. The van der Waals surface area contributed by atoms with Gasteiger partial charge in [-0.2, -0.15) is 13.2 Å². The Kier molecular flexibility index (Phi) is 6.51. The number of rotatable bonds is 6. The molecule has 0 fully saturated rings. The first-order valence-electron chi connectivity index (χ1n) is 8.88. The monoisotopic (exact) mass is 409 g/mol. The number of hydrogen-bond donors (Lipinski definition) is 2. The molecule has 0 saturated heterocycles. The van der Waals surface area contributed by atoms with E-state index in [2.05, 4.69) is 31.4 Å². The van der Waals surface area contributed by atoms with E-state index in [1.807, 2.05) is 12.1 Å². The number of carbonyl (C=O) groups is 1. The Balaban J connectivity index is 1.96. The topological polar surface area (TPSA) is 84.3 Å². The predicted octanol–water partition coefficient (Wildman–Crippen LogP) is 4.75. The molecule has 0 aliphatic heterocycles. The zero-order valence-electron chi connectivity index (χ0n) is 16.3. The summed E-state index contributed by atoms with van der Waals surface area (Å²) in [6, 6.07) is 9.60. The van der Waals surface area contributed by atoms with Gasteiger partial charge in [0.1, 0.15) is 0 Å². The summed E-state index contributed by atoms with van der Waals surface area (Å²) < 4.78 is 39.4. The number of nitrogens with zero attached hydrogens (tertiary/aromatic N) is 1. The lowest BCUT2D eigenvalue weighted by atomic mass is 9.87. The van der Waals surface area contributed by atoms with E-state index in [0.29, 0.717) is 11.6 Å². The molecule has 0 atom stereocenters. The van der Waals surface area contributed by atoms with Gasteiger partial charge in [0.15, 0.2) is 0 Å². The van der Waals surface area contributed by atoms with Gasteiger partial charge in [-0.15, -0.1) is 0 Å². The van der Waals surface area contributed by atoms with Crippen molar-refractivity contribution in [1.29, 1.82) is 0 Å². The smallest absolute Gasteiger partial charge is 0.383 e. The lowest BCUT2D eigenvalue weighted by molar-refractivity contribution is -0.385. The van der Waals surface area contributed by atoms with Gasteiger partial charge in [0.2, 0.25) is 0 Å². The molecule has 0 aromatic heterocycles. The lowest BCUT2D eigenvalue weighted by Gasteiger charge is -2.19. The van der Waals surface area contributed by atoms with Crippen LogP contribution >= 0.6 is 0 Å². The van der Waals surface area contributed by atoms with Crippen LogP contribution in [0.3, 0.4) is 0 Å². The van der Waals surface area contributed by atoms with E-state index in [4.69, 9.17) is 0 Å². The van der Waals surface area contributed by atoms with Crippen molar-refractivity contribution in [3.8, 4) is 0 Å². The summed E-state index contributed by atoms with van der Waals surface area (Å²) in [4.78, 5) is 22.0. The van der Waals surface area contributed by atoms with Crippen molar-refractivity contribution in [3.05, 3.63) is 69.3 Å². The number of nitro groups is 1. The van der Waals surface area contributed by atoms with E-state index >= 15 is 0 Å². The SMILES string of the molecule is CC(C)(C)c1ccc(C(=O)NCCNc2ccc([N+](=O)[O-])cc2C(F)(F)F)cc1. The Hall–Kier alpha value is -3.10. The predicted molar refractivity (Wildman–Crippen MR) is 104 cm³/mol. The molecule has 0 radical (unpaired) electrons. The highest BCUT2D eigenvalue weighted by Gasteiger charge is 2.35. The Labute approximate surface area is 166 Å². The number of nitro benzene ring substituents is 1. The van der Waals surface area contributed by atoms with Crippen LogP contribution in [0.4, 0.5) is 24.5 Å². The van der Waals surface area contributed by atoms with Crippen LogP contribution in [0.1, 0.15) is 42.3 Å². The van der Waals surface area contributed by atoms with Crippen LogP contribution < -0.4 is 10.6 Å². The van der Waals surface area contributed by atoms with E-state index < -0.39 is 22.4 Å². The number of alkyl halides is 3. The molecule has 0 spiro atoms. The van der Waals surface area contributed by atoms with Gasteiger partial charge in [-0.1, -0.05) is 32.9 Å². The van der Waals surface area contributed by atoms with Crippen LogP contribution in [0.15, 0.2) is 42.5 Å². The molecule has 0 saturated carbocycles. The van der Waals surface area contributed by atoms with E-state index in [1.165, 1.54) is 0 Å². The van der Waals surface area contributed by atoms with Gasteiger partial charge in [-0.05, 0) is 29.2 Å². The van der Waals surface area contributed by atoms with Crippen molar-refractivity contribution in [2.45, 2.75) is 32.4 Å². The molecular formula is C20H22F3N3O3. The maximum Gasteiger partial charge on any atom is 0.418 e. The van der Waals surface area contributed by atoms with E-state index in [9.17, 15) is 28.1 Å². The van der Waals surface area contributed by atoms with Crippen molar-refractivity contribution >= 4 is 17.3 Å². The Morgan fingerprint density at radius 2 is 1.66 bits per heavy atom. The molecule has 1 amide bonds. The highest BCUT2D eigenvalue weighted by Crippen LogP contribution is 2.36. The van der Waals surface area contributed by atoms with Gasteiger partial charge in [-0.3, -0.25) is 14.9 Å². The summed E-state index contributed by atoms with van der Waals surface area (Å²) in [5.74, 6) is -0.341. The Morgan fingerprint density at radius 1 is 1.03 bits per heavy atom. The minimum atomic E-state index is -4.74. The normalized spacial score (nSPS) is 11.8. The molecule has 2 N–H and O–H groups in total. The Morgan fingerprint density at radius 3 is 2.17 bits per heavy atom. The van der Waals surface area contributed by atoms with Crippen molar-refractivity contribution < 1.29 is 22.9 Å². The average Bonchev–Trinajstić information content (AvgIpc) is 2.63. The molecule has 0 aliphatic carbocycles. The van der Waals surface area contributed by atoms with Gasteiger partial charge >= 0.3 is 6.18 Å². The van der Waals surface area contributed by atoms with Crippen molar-refractivity contribution in [2.24, 2.45) is 0 Å². The van der Waals surface area contributed by atoms with Gasteiger partial charge in [-0.25, -0.2) is 0 Å². The highest BCUT2D eigenvalue weighted by atomic mass is 19.4. The first kappa shape index (κ1) is 22.2. The summed E-state index contributed by atoms with van der Waals surface area (Å²) in [6.07, 6.45) is -4.74. The van der Waals surface area contributed by atoms with Gasteiger partial charge in [0.25, 0.3) is 11.6 Å². The summed E-state index contributed by atoms with van der Waals surface area (Å²) >= 11 is 0. The van der Waals surface area contributed by atoms with Gasteiger partial charge in [0.05, 0.1) is 10.5 Å². The fourth-order valence-electron chi connectivity index (χ4n) is 2.63. The number of nitrogens with one attached hydrogen (secondary N) is 2. The number of halogens is 3. The van der Waals surface area contributed by atoms with E-state index in [0.717, 1.165) is 17.7 Å². The van der Waals surface area contributed by atoms with Crippen LogP contribution in [0.5, 0.6) is 0 Å². The molecule has 0 bridgehead atoms. The molecule has 29 heavy (non-hydrogen) atoms. The molecule has 6 nitrogen and oxygen atoms in total. The summed E-state index contributed by atoms with van der Waals surface area (Å²) in [5, 5.41) is 15.9. The molecule has 0 unspecified atom stereocenters. The maximum absolute atomic E-state index is 13.1. The third kappa shape index (κ3) is 5.94. The van der Waals surface area contributed by atoms with Gasteiger partial charge in [0, 0.05) is 36.5 Å². The van der Waals surface area contributed by atoms with Crippen LogP contribution in [-0.4, -0.2) is 23.9 Å². The maximum atomic E-state index is 13.1. The van der Waals surface area contributed by atoms with Gasteiger partial charge < -0.3 is 10.6 Å². The fraction of sp³-hybridized carbons (Fsp3) is 0.350. The Bertz CT molecular complexity index is 889. The first-order chi connectivity index (χ1) is 13.4. The van der Waals surface area contributed by atoms with Crippen LogP contribution in [0, 0.1) is 10.1 Å². The van der Waals surface area contributed by atoms with Crippen molar-refractivity contribution in [2.75, 3.05) is 18.4 Å². The first-order valence-corrected chi connectivity index (χ1v) is 8.88. The third-order valence-corrected chi connectivity index (χ3v) is 4.26. The molecule has 0 aliphatic rings. The van der Waals surface area contributed by atoms with Crippen LogP contribution in [0.2, 0.25) is 0 Å². The number of amides is 1. The molecule has 2 aromatic rings. The number of hydrogen-bond acceptors (Lipinski definition) is 4. The third-order valence-electron chi connectivity index (χ3n) is 4.26. The quantitative estimate of drug-likeness (QED) is 0.410. The van der Waals surface area contributed by atoms with E-state index in [1.54, 1.807) is 12.1 Å². The summed E-state index contributed by atoms with van der Waals surface area (Å²) in [6.45, 7) is 6.27. The minimum Gasteiger partial charge on any atom is -0.383 e. The fourth-order valence-corrected chi connectivity index (χ4v) is 2.63. The molecule has 2 rings (SSSR count).